The Morgan fingerprint density at radius 1 is 1.26 bits per heavy atom. The third-order valence-electron chi connectivity index (χ3n) is 2.40. The van der Waals surface area contributed by atoms with Crippen LogP contribution in [0.15, 0.2) is 30.5 Å². The van der Waals surface area contributed by atoms with Gasteiger partial charge < -0.3 is 10.2 Å². The molecule has 1 heterocycles. The van der Waals surface area contributed by atoms with Gasteiger partial charge in [-0.05, 0) is 23.7 Å². The van der Waals surface area contributed by atoms with Gasteiger partial charge in [-0.25, -0.2) is 0 Å². The van der Waals surface area contributed by atoms with Crippen molar-refractivity contribution in [2.24, 2.45) is 0 Å². The zero-order chi connectivity index (χ0) is 13.8. The van der Waals surface area contributed by atoms with E-state index >= 15 is 0 Å². The van der Waals surface area contributed by atoms with Gasteiger partial charge in [-0.3, -0.25) is 9.59 Å². The molecule has 0 fully saturated rings. The predicted octanol–water partition coefficient (Wildman–Crippen LogP) is 1.49. The Hall–Kier alpha value is -2.28. The summed E-state index contributed by atoms with van der Waals surface area (Å²) in [5, 5.41) is 6.30. The van der Waals surface area contributed by atoms with E-state index in [9.17, 15) is 9.59 Å². The highest BCUT2D eigenvalue weighted by molar-refractivity contribution is 7.07. The van der Waals surface area contributed by atoms with Gasteiger partial charge in [0.25, 0.3) is 11.8 Å². The maximum absolute atomic E-state index is 12.0. The quantitative estimate of drug-likeness (QED) is 0.921. The summed E-state index contributed by atoms with van der Waals surface area (Å²) in [6.07, 6.45) is 1.39. The molecule has 2 rings (SSSR count). The molecule has 19 heavy (non-hydrogen) atoms. The number of anilines is 1. The number of nitrogens with zero attached hydrogens (tertiary/aromatic N) is 3. The number of para-hydroxylation sites is 1. The van der Waals surface area contributed by atoms with Crippen LogP contribution in [-0.4, -0.2) is 40.4 Å². The SMILES string of the molecule is CN(C)C(=O)c1ccccc1NC(=O)c1cnns1. The lowest BCUT2D eigenvalue weighted by molar-refractivity contribution is 0.0828. The van der Waals surface area contributed by atoms with Gasteiger partial charge in [-0.1, -0.05) is 16.6 Å². The molecule has 0 unspecified atom stereocenters. The molecule has 0 aliphatic carbocycles. The third-order valence-corrected chi connectivity index (χ3v) is 3.06. The van der Waals surface area contributed by atoms with Crippen LogP contribution in [0, 0.1) is 0 Å². The molecule has 7 heteroatoms. The second kappa shape index (κ2) is 5.57. The normalized spacial score (nSPS) is 10.0. The Kier molecular flexibility index (Phi) is 3.86. The molecule has 0 saturated carbocycles. The van der Waals surface area contributed by atoms with Gasteiger partial charge in [0.15, 0.2) is 0 Å². The Morgan fingerprint density at radius 2 is 2.00 bits per heavy atom. The van der Waals surface area contributed by atoms with Gasteiger partial charge in [-0.2, -0.15) is 0 Å². The minimum absolute atomic E-state index is 0.168. The van der Waals surface area contributed by atoms with Crippen molar-refractivity contribution in [1.82, 2.24) is 14.5 Å². The fraction of sp³-hybridized carbons (Fsp3) is 0.167. The smallest absolute Gasteiger partial charge is 0.269 e. The summed E-state index contributed by atoms with van der Waals surface area (Å²) < 4.78 is 3.63. The van der Waals surface area contributed by atoms with Crippen LogP contribution in [0.4, 0.5) is 5.69 Å². The van der Waals surface area contributed by atoms with E-state index in [0.29, 0.717) is 16.1 Å². The highest BCUT2D eigenvalue weighted by Gasteiger charge is 2.16. The van der Waals surface area contributed by atoms with E-state index in [0.717, 1.165) is 11.5 Å². The number of aromatic nitrogens is 2. The molecule has 0 atom stereocenters. The highest BCUT2D eigenvalue weighted by Crippen LogP contribution is 2.18. The second-order valence-corrected chi connectivity index (χ2v) is 4.77. The van der Waals surface area contributed by atoms with Gasteiger partial charge in [0.2, 0.25) is 0 Å². The van der Waals surface area contributed by atoms with Crippen molar-refractivity contribution in [1.29, 1.82) is 0 Å². The summed E-state index contributed by atoms with van der Waals surface area (Å²) in [6, 6.07) is 6.86. The molecular formula is C12H12N4O2S. The van der Waals surface area contributed by atoms with Crippen LogP contribution in [0.3, 0.4) is 0 Å². The van der Waals surface area contributed by atoms with Gasteiger partial charge in [-0.15, -0.1) is 5.10 Å². The molecule has 1 aromatic carbocycles. The number of amides is 2. The van der Waals surface area contributed by atoms with Crippen molar-refractivity contribution in [2.75, 3.05) is 19.4 Å². The van der Waals surface area contributed by atoms with Crippen molar-refractivity contribution in [3.05, 3.63) is 40.9 Å². The predicted molar refractivity (Wildman–Crippen MR) is 72.3 cm³/mol. The minimum atomic E-state index is -0.325. The van der Waals surface area contributed by atoms with Crippen LogP contribution in [-0.2, 0) is 0 Å². The number of rotatable bonds is 3. The number of hydrogen-bond acceptors (Lipinski definition) is 5. The van der Waals surface area contributed by atoms with Crippen LogP contribution < -0.4 is 5.32 Å². The first-order valence-electron chi connectivity index (χ1n) is 5.49. The zero-order valence-electron chi connectivity index (χ0n) is 10.5. The summed E-state index contributed by atoms with van der Waals surface area (Å²) in [5.74, 6) is -0.493. The van der Waals surface area contributed by atoms with Gasteiger partial charge in [0.1, 0.15) is 4.88 Å². The van der Waals surface area contributed by atoms with Crippen LogP contribution in [0.25, 0.3) is 0 Å². The Labute approximate surface area is 114 Å². The summed E-state index contributed by atoms with van der Waals surface area (Å²) in [5.41, 5.74) is 0.915. The van der Waals surface area contributed by atoms with Crippen molar-refractivity contribution >= 4 is 29.0 Å². The van der Waals surface area contributed by atoms with Gasteiger partial charge in [0.05, 0.1) is 17.4 Å². The Bertz CT molecular complexity index is 596. The summed E-state index contributed by atoms with van der Waals surface area (Å²) in [7, 11) is 3.32. The van der Waals surface area contributed by atoms with Crippen LogP contribution in [0.1, 0.15) is 20.0 Å². The Morgan fingerprint density at radius 3 is 2.63 bits per heavy atom. The van der Waals surface area contributed by atoms with Crippen molar-refractivity contribution in [2.45, 2.75) is 0 Å². The van der Waals surface area contributed by atoms with E-state index in [4.69, 9.17) is 0 Å². The fourth-order valence-electron chi connectivity index (χ4n) is 1.47. The topological polar surface area (TPSA) is 75.2 Å². The molecule has 2 aromatic rings. The molecule has 0 bridgehead atoms. The average molecular weight is 276 g/mol. The molecule has 0 saturated heterocycles. The zero-order valence-corrected chi connectivity index (χ0v) is 11.3. The minimum Gasteiger partial charge on any atom is -0.345 e. The maximum atomic E-state index is 12.0. The molecule has 98 valence electrons. The number of benzene rings is 1. The van der Waals surface area contributed by atoms with Gasteiger partial charge in [0, 0.05) is 14.1 Å². The summed E-state index contributed by atoms with van der Waals surface area (Å²) >= 11 is 1.00. The Balaban J connectivity index is 2.26. The lowest BCUT2D eigenvalue weighted by Crippen LogP contribution is -2.23. The van der Waals surface area contributed by atoms with Crippen LogP contribution in [0.2, 0.25) is 0 Å². The first-order valence-corrected chi connectivity index (χ1v) is 6.26. The molecule has 0 radical (unpaired) electrons. The van der Waals surface area contributed by atoms with E-state index < -0.39 is 0 Å². The van der Waals surface area contributed by atoms with E-state index in [2.05, 4.69) is 14.9 Å². The van der Waals surface area contributed by atoms with E-state index in [-0.39, 0.29) is 11.8 Å². The van der Waals surface area contributed by atoms with Crippen molar-refractivity contribution < 1.29 is 9.59 Å². The monoisotopic (exact) mass is 276 g/mol. The lowest BCUT2D eigenvalue weighted by Gasteiger charge is -2.14. The number of hydrogen-bond donors (Lipinski definition) is 1. The van der Waals surface area contributed by atoms with Gasteiger partial charge >= 0.3 is 0 Å². The van der Waals surface area contributed by atoms with E-state index in [1.165, 1.54) is 11.1 Å². The molecular weight excluding hydrogens is 264 g/mol. The van der Waals surface area contributed by atoms with E-state index in [1.807, 2.05) is 0 Å². The largest absolute Gasteiger partial charge is 0.345 e. The van der Waals surface area contributed by atoms with Crippen LogP contribution in [0.5, 0.6) is 0 Å². The molecule has 1 aromatic heterocycles. The molecule has 0 spiro atoms. The fourth-order valence-corrected chi connectivity index (χ4v) is 1.88. The standard InChI is InChI=1S/C12H12N4O2S/c1-16(2)12(18)8-5-3-4-6-9(8)14-11(17)10-7-13-15-19-10/h3-7H,1-2H3,(H,14,17). The van der Waals surface area contributed by atoms with E-state index in [1.54, 1.807) is 38.4 Å². The molecule has 2 amide bonds. The maximum Gasteiger partial charge on any atom is 0.269 e. The van der Waals surface area contributed by atoms with Crippen LogP contribution >= 0.6 is 11.5 Å². The molecule has 0 aliphatic heterocycles. The number of nitrogens with one attached hydrogen (secondary N) is 1. The first kappa shape index (κ1) is 13.2. The second-order valence-electron chi connectivity index (χ2n) is 3.98. The summed E-state index contributed by atoms with van der Waals surface area (Å²) in [6.45, 7) is 0. The number of carbonyl (C=O) groups excluding carboxylic acids is 2. The van der Waals surface area contributed by atoms with Crippen molar-refractivity contribution in [3.63, 3.8) is 0 Å². The number of carbonyl (C=O) groups is 2. The molecule has 0 aliphatic rings. The van der Waals surface area contributed by atoms with Crippen molar-refractivity contribution in [3.8, 4) is 0 Å². The lowest BCUT2D eigenvalue weighted by atomic mass is 10.1. The molecule has 1 N–H and O–H groups in total. The third kappa shape index (κ3) is 2.94. The molecule has 6 nitrogen and oxygen atoms in total. The summed E-state index contributed by atoms with van der Waals surface area (Å²) in [4.78, 5) is 25.8. The first-order chi connectivity index (χ1) is 9.09. The highest BCUT2D eigenvalue weighted by atomic mass is 32.1. The average Bonchev–Trinajstić information content (AvgIpc) is 2.92.